The molecule has 3 aromatic heterocycles. The van der Waals surface area contributed by atoms with Crippen LogP contribution in [-0.2, 0) is 17.6 Å². The molecular formula is C28H35FN6O3S. The molecule has 1 fully saturated rings. The number of hydrogen-bond donors (Lipinski definition) is 3. The highest BCUT2D eigenvalue weighted by molar-refractivity contribution is 7.21. The molecule has 39 heavy (non-hydrogen) atoms. The Balaban J connectivity index is 1.22. The summed E-state index contributed by atoms with van der Waals surface area (Å²) in [5, 5.41) is 6.78. The van der Waals surface area contributed by atoms with E-state index in [0.717, 1.165) is 45.8 Å². The van der Waals surface area contributed by atoms with E-state index in [0.29, 0.717) is 30.1 Å². The Morgan fingerprint density at radius 3 is 2.72 bits per heavy atom. The Kier molecular flexibility index (Phi) is 7.37. The average Bonchev–Trinajstić information content (AvgIpc) is 3.42. The first-order valence-corrected chi connectivity index (χ1v) is 14.1. The molecule has 4 N–H and O–H groups in total. The van der Waals surface area contributed by atoms with Crippen LogP contribution in [0.2, 0.25) is 0 Å². The van der Waals surface area contributed by atoms with Crippen molar-refractivity contribution in [3.05, 3.63) is 46.1 Å². The number of hydrogen-bond acceptors (Lipinski definition) is 8. The monoisotopic (exact) mass is 554 g/mol. The van der Waals surface area contributed by atoms with E-state index >= 15 is 0 Å². The van der Waals surface area contributed by atoms with Crippen molar-refractivity contribution in [2.24, 2.45) is 5.92 Å². The second-order valence-corrected chi connectivity index (χ2v) is 12.4. The number of rotatable bonds is 5. The van der Waals surface area contributed by atoms with Gasteiger partial charge in [0.15, 0.2) is 0 Å². The summed E-state index contributed by atoms with van der Waals surface area (Å²) >= 11 is 1.32. The lowest BCUT2D eigenvalue weighted by atomic mass is 9.91. The third-order valence-corrected chi connectivity index (χ3v) is 8.30. The minimum Gasteiger partial charge on any atom is -0.444 e. The van der Waals surface area contributed by atoms with Crippen molar-refractivity contribution >= 4 is 45.1 Å². The number of halogens is 1. The molecule has 3 atom stereocenters. The summed E-state index contributed by atoms with van der Waals surface area (Å²) in [4.78, 5) is 38.0. The lowest BCUT2D eigenvalue weighted by Crippen LogP contribution is -2.43. The van der Waals surface area contributed by atoms with Crippen LogP contribution in [0.5, 0.6) is 0 Å². The predicted octanol–water partition coefficient (Wildman–Crippen LogP) is 4.17. The number of aryl methyl sites for hydroxylation is 2. The predicted molar refractivity (Wildman–Crippen MR) is 151 cm³/mol. The summed E-state index contributed by atoms with van der Waals surface area (Å²) < 4.78 is 19.1. The van der Waals surface area contributed by atoms with Crippen LogP contribution in [0.15, 0.2) is 24.3 Å². The third kappa shape index (κ3) is 5.93. The number of nitrogen functional groups attached to an aromatic ring is 1. The van der Waals surface area contributed by atoms with E-state index in [1.807, 2.05) is 36.1 Å². The van der Waals surface area contributed by atoms with Crippen molar-refractivity contribution in [3.8, 4) is 0 Å². The Hall–Kier alpha value is -3.47. The molecule has 2 amide bonds. The zero-order valence-electron chi connectivity index (χ0n) is 22.7. The number of pyridine rings is 2. The van der Waals surface area contributed by atoms with Crippen LogP contribution >= 0.6 is 11.3 Å². The molecule has 2 aliphatic rings. The average molecular weight is 555 g/mol. The zero-order valence-corrected chi connectivity index (χ0v) is 23.5. The van der Waals surface area contributed by atoms with E-state index < -0.39 is 18.4 Å². The maximum Gasteiger partial charge on any atom is 0.407 e. The SMILES string of the molecule is Cc1ccc2c(N)c(C(=O)N[C@H]3CCc4nc(N5C[C@H](CF)[C@H](NC(=O)OC(C)(C)C)C5)ccc4C3)sc2n1. The molecule has 0 radical (unpaired) electrons. The van der Waals surface area contributed by atoms with Crippen LogP contribution in [0.25, 0.3) is 10.2 Å². The molecule has 0 bridgehead atoms. The first-order valence-electron chi connectivity index (χ1n) is 13.3. The van der Waals surface area contributed by atoms with Gasteiger partial charge in [0, 0.05) is 41.8 Å². The second-order valence-electron chi connectivity index (χ2n) is 11.4. The van der Waals surface area contributed by atoms with Crippen LogP contribution in [0, 0.1) is 12.8 Å². The van der Waals surface area contributed by atoms with Gasteiger partial charge in [0.25, 0.3) is 5.91 Å². The fraction of sp³-hybridized carbons (Fsp3) is 0.500. The molecular weight excluding hydrogens is 519 g/mol. The van der Waals surface area contributed by atoms with Crippen molar-refractivity contribution in [1.82, 2.24) is 20.6 Å². The van der Waals surface area contributed by atoms with Gasteiger partial charge < -0.3 is 26.0 Å². The van der Waals surface area contributed by atoms with Crippen LogP contribution in [0.4, 0.5) is 20.7 Å². The maximum atomic E-state index is 13.8. The number of fused-ring (bicyclic) bond motifs is 2. The zero-order chi connectivity index (χ0) is 27.9. The van der Waals surface area contributed by atoms with E-state index in [4.69, 9.17) is 15.5 Å². The summed E-state index contributed by atoms with van der Waals surface area (Å²) in [5.41, 5.74) is 9.08. The van der Waals surface area contributed by atoms with Crippen molar-refractivity contribution in [1.29, 1.82) is 0 Å². The minimum absolute atomic E-state index is 0.0259. The third-order valence-electron chi connectivity index (χ3n) is 7.19. The summed E-state index contributed by atoms with van der Waals surface area (Å²) in [6.07, 6.45) is 1.61. The quantitative estimate of drug-likeness (QED) is 0.433. The van der Waals surface area contributed by atoms with Gasteiger partial charge in [0.05, 0.1) is 18.4 Å². The topological polar surface area (TPSA) is 122 Å². The number of carbonyl (C=O) groups is 2. The van der Waals surface area contributed by atoms with Crippen LogP contribution < -0.4 is 21.3 Å². The largest absolute Gasteiger partial charge is 0.444 e. The molecule has 208 valence electrons. The van der Waals surface area contributed by atoms with Crippen molar-refractivity contribution in [2.45, 2.75) is 64.6 Å². The van der Waals surface area contributed by atoms with E-state index in [2.05, 4.69) is 15.6 Å². The standard InChI is InChI=1S/C28H35FN6O3S/c1-15-5-8-19-23(30)24(39-26(19)31-15)25(36)32-18-7-9-20-16(11-18)6-10-22(33-20)35-13-17(12-29)21(14-35)34-27(37)38-28(2,3)4/h5-6,8,10,17-18,21H,7,9,11-14,30H2,1-4H3,(H,32,36)(H,34,37)/t17-,18-,21+/m0/s1. The van der Waals surface area contributed by atoms with Gasteiger partial charge in [-0.3, -0.25) is 9.18 Å². The highest BCUT2D eigenvalue weighted by atomic mass is 32.1. The number of nitrogens with one attached hydrogen (secondary N) is 2. The first kappa shape index (κ1) is 27.1. The number of thiophene rings is 1. The number of anilines is 2. The van der Waals surface area contributed by atoms with Gasteiger partial charge in [-0.05, 0) is 70.7 Å². The lowest BCUT2D eigenvalue weighted by Gasteiger charge is -2.26. The molecule has 5 rings (SSSR count). The van der Waals surface area contributed by atoms with Gasteiger partial charge in [-0.15, -0.1) is 11.3 Å². The normalized spacial score (nSPS) is 21.1. The van der Waals surface area contributed by atoms with Crippen molar-refractivity contribution < 1.29 is 18.7 Å². The Bertz CT molecular complexity index is 1400. The molecule has 4 heterocycles. The fourth-order valence-corrected chi connectivity index (χ4v) is 6.29. The maximum absolute atomic E-state index is 13.8. The van der Waals surface area contributed by atoms with Crippen molar-refractivity contribution in [3.63, 3.8) is 0 Å². The molecule has 3 aromatic rings. The molecule has 1 aliphatic heterocycles. The van der Waals surface area contributed by atoms with Gasteiger partial charge in [0.2, 0.25) is 0 Å². The molecule has 1 saturated heterocycles. The van der Waals surface area contributed by atoms with Gasteiger partial charge in [-0.1, -0.05) is 6.07 Å². The summed E-state index contributed by atoms with van der Waals surface area (Å²) in [5.74, 6) is 0.253. The highest BCUT2D eigenvalue weighted by Crippen LogP contribution is 2.33. The molecule has 0 unspecified atom stereocenters. The first-order chi connectivity index (χ1) is 18.5. The van der Waals surface area contributed by atoms with E-state index in [9.17, 15) is 14.0 Å². The highest BCUT2D eigenvalue weighted by Gasteiger charge is 2.36. The van der Waals surface area contributed by atoms with Crippen LogP contribution in [0.1, 0.15) is 53.8 Å². The lowest BCUT2D eigenvalue weighted by molar-refractivity contribution is 0.0494. The van der Waals surface area contributed by atoms with Crippen molar-refractivity contribution in [2.75, 3.05) is 30.4 Å². The molecule has 0 spiro atoms. The fourth-order valence-electron chi connectivity index (χ4n) is 5.25. The van der Waals surface area contributed by atoms with Crippen LogP contribution in [-0.4, -0.2) is 59.4 Å². The summed E-state index contributed by atoms with van der Waals surface area (Å²) in [6.45, 7) is 7.69. The molecule has 1 aliphatic carbocycles. The smallest absolute Gasteiger partial charge is 0.407 e. The van der Waals surface area contributed by atoms with Gasteiger partial charge in [0.1, 0.15) is 21.1 Å². The number of nitrogens with zero attached hydrogens (tertiary/aromatic N) is 3. The van der Waals surface area contributed by atoms with Gasteiger partial charge in [-0.2, -0.15) is 0 Å². The molecule has 11 heteroatoms. The van der Waals surface area contributed by atoms with E-state index in [1.54, 1.807) is 20.8 Å². The minimum atomic E-state index is -0.619. The van der Waals surface area contributed by atoms with Gasteiger partial charge in [-0.25, -0.2) is 14.8 Å². The number of aromatic nitrogens is 2. The number of nitrogens with two attached hydrogens (primary N) is 1. The Labute approximate surface area is 231 Å². The second kappa shape index (κ2) is 10.6. The molecule has 0 saturated carbocycles. The number of alkyl carbamates (subject to hydrolysis) is 1. The summed E-state index contributed by atoms with van der Waals surface area (Å²) in [7, 11) is 0. The summed E-state index contributed by atoms with van der Waals surface area (Å²) in [6, 6.07) is 7.39. The number of alkyl halides is 1. The number of ether oxygens (including phenoxy) is 1. The number of amides is 2. The Morgan fingerprint density at radius 2 is 1.97 bits per heavy atom. The molecule has 0 aromatic carbocycles. The van der Waals surface area contributed by atoms with E-state index in [1.165, 1.54) is 11.3 Å². The number of carbonyl (C=O) groups excluding carboxylic acids is 2. The van der Waals surface area contributed by atoms with Crippen LogP contribution in [0.3, 0.4) is 0 Å². The Morgan fingerprint density at radius 1 is 1.18 bits per heavy atom. The van der Waals surface area contributed by atoms with E-state index in [-0.39, 0.29) is 23.9 Å². The van der Waals surface area contributed by atoms with Gasteiger partial charge >= 0.3 is 6.09 Å². The molecule has 9 nitrogen and oxygen atoms in total.